The Balaban J connectivity index is 1.47. The molecule has 148 valence electrons. The van der Waals surface area contributed by atoms with E-state index in [4.69, 9.17) is 4.74 Å². The molecule has 1 saturated heterocycles. The van der Waals surface area contributed by atoms with E-state index in [9.17, 15) is 9.59 Å². The molecule has 1 fully saturated rings. The largest absolute Gasteiger partial charge is 0.497 e. The third-order valence-electron chi connectivity index (χ3n) is 4.89. The van der Waals surface area contributed by atoms with E-state index in [-0.39, 0.29) is 5.91 Å². The molecular formula is C21H26N3O4+. The number of benzene rings is 2. The summed E-state index contributed by atoms with van der Waals surface area (Å²) < 4.78 is 9.96. The fourth-order valence-corrected chi connectivity index (χ4v) is 3.30. The van der Waals surface area contributed by atoms with Gasteiger partial charge in [-0.1, -0.05) is 6.07 Å². The number of amides is 1. The molecule has 1 aliphatic heterocycles. The highest BCUT2D eigenvalue weighted by atomic mass is 16.5. The Hall–Kier alpha value is -3.06. The maximum Gasteiger partial charge on any atom is 0.337 e. The van der Waals surface area contributed by atoms with Crippen LogP contribution >= 0.6 is 0 Å². The van der Waals surface area contributed by atoms with Gasteiger partial charge < -0.3 is 24.6 Å². The van der Waals surface area contributed by atoms with Crippen LogP contribution in [0.4, 0.5) is 11.4 Å². The molecule has 2 aromatic carbocycles. The van der Waals surface area contributed by atoms with Gasteiger partial charge in [-0.25, -0.2) is 4.79 Å². The normalized spacial score (nSPS) is 14.4. The summed E-state index contributed by atoms with van der Waals surface area (Å²) in [7, 11) is 3.01. The van der Waals surface area contributed by atoms with Crippen LogP contribution in [0.1, 0.15) is 10.4 Å². The third-order valence-corrected chi connectivity index (χ3v) is 4.89. The first-order valence-electron chi connectivity index (χ1n) is 9.30. The van der Waals surface area contributed by atoms with E-state index >= 15 is 0 Å². The molecule has 0 aromatic heterocycles. The van der Waals surface area contributed by atoms with Crippen molar-refractivity contribution in [2.24, 2.45) is 0 Å². The van der Waals surface area contributed by atoms with Crippen molar-refractivity contribution in [1.82, 2.24) is 0 Å². The van der Waals surface area contributed by atoms with Gasteiger partial charge in [0.05, 0.1) is 46.0 Å². The molecule has 2 aromatic rings. The summed E-state index contributed by atoms with van der Waals surface area (Å²) >= 11 is 0. The molecule has 0 spiro atoms. The minimum atomic E-state index is -0.392. The standard InChI is InChI=1S/C21H25N3O4/c1-27-19-5-3-4-18(14-19)24-12-10-23(11-13-24)15-20(25)22-17-8-6-16(7-9-17)21(26)28-2/h3-9,14H,10-13,15H2,1-2H3,(H,22,25)/p+1. The molecule has 0 unspecified atom stereocenters. The maximum atomic E-state index is 12.3. The second kappa shape index (κ2) is 9.23. The van der Waals surface area contributed by atoms with Crippen molar-refractivity contribution in [3.63, 3.8) is 0 Å². The van der Waals surface area contributed by atoms with Crippen LogP contribution in [0.15, 0.2) is 48.5 Å². The number of anilines is 2. The second-order valence-corrected chi connectivity index (χ2v) is 6.73. The molecule has 0 atom stereocenters. The Bertz CT molecular complexity index is 815. The summed E-state index contributed by atoms with van der Waals surface area (Å²) in [6.07, 6.45) is 0. The Morgan fingerprint density at radius 1 is 1.07 bits per heavy atom. The molecule has 3 rings (SSSR count). The van der Waals surface area contributed by atoms with Crippen molar-refractivity contribution in [2.45, 2.75) is 0 Å². The number of esters is 1. The van der Waals surface area contributed by atoms with Crippen LogP contribution in [0.3, 0.4) is 0 Å². The van der Waals surface area contributed by atoms with Crippen LogP contribution in [-0.4, -0.2) is 58.8 Å². The zero-order valence-corrected chi connectivity index (χ0v) is 16.2. The molecule has 7 nitrogen and oxygen atoms in total. The van der Waals surface area contributed by atoms with Gasteiger partial charge in [-0.2, -0.15) is 0 Å². The van der Waals surface area contributed by atoms with Crippen LogP contribution < -0.4 is 19.9 Å². The van der Waals surface area contributed by atoms with Gasteiger partial charge in [-0.05, 0) is 36.4 Å². The van der Waals surface area contributed by atoms with Gasteiger partial charge in [0.15, 0.2) is 6.54 Å². The first-order valence-corrected chi connectivity index (χ1v) is 9.30. The van der Waals surface area contributed by atoms with Crippen molar-refractivity contribution in [1.29, 1.82) is 0 Å². The van der Waals surface area contributed by atoms with E-state index in [1.54, 1.807) is 31.4 Å². The molecule has 1 heterocycles. The Labute approximate surface area is 164 Å². The second-order valence-electron chi connectivity index (χ2n) is 6.73. The summed E-state index contributed by atoms with van der Waals surface area (Å²) in [6, 6.07) is 14.7. The highest BCUT2D eigenvalue weighted by Crippen LogP contribution is 2.20. The van der Waals surface area contributed by atoms with E-state index in [0.29, 0.717) is 17.8 Å². The van der Waals surface area contributed by atoms with Crippen LogP contribution in [0, 0.1) is 0 Å². The third kappa shape index (κ3) is 5.01. The van der Waals surface area contributed by atoms with Crippen LogP contribution in [-0.2, 0) is 9.53 Å². The van der Waals surface area contributed by atoms with Crippen LogP contribution in [0.25, 0.3) is 0 Å². The number of nitrogens with zero attached hydrogens (tertiary/aromatic N) is 1. The first-order chi connectivity index (χ1) is 13.6. The molecule has 0 radical (unpaired) electrons. The highest BCUT2D eigenvalue weighted by molar-refractivity contribution is 5.93. The van der Waals surface area contributed by atoms with E-state index in [1.807, 2.05) is 18.2 Å². The van der Waals surface area contributed by atoms with Gasteiger partial charge in [0, 0.05) is 17.4 Å². The Morgan fingerprint density at radius 2 is 1.79 bits per heavy atom. The summed E-state index contributed by atoms with van der Waals surface area (Å²) in [5.41, 5.74) is 2.28. The number of ether oxygens (including phenoxy) is 2. The van der Waals surface area contributed by atoms with E-state index < -0.39 is 5.97 Å². The molecule has 0 saturated carbocycles. The van der Waals surface area contributed by atoms with Gasteiger partial charge in [-0.3, -0.25) is 4.79 Å². The van der Waals surface area contributed by atoms with Gasteiger partial charge in [-0.15, -0.1) is 0 Å². The minimum absolute atomic E-state index is 0.0318. The minimum Gasteiger partial charge on any atom is -0.497 e. The average Bonchev–Trinajstić information content (AvgIpc) is 2.74. The van der Waals surface area contributed by atoms with Crippen LogP contribution in [0.2, 0.25) is 0 Å². The number of carbonyl (C=O) groups is 2. The SMILES string of the molecule is COC(=O)c1ccc(NC(=O)C[NH+]2CCN(c3cccc(OC)c3)CC2)cc1. The number of methoxy groups -OCH3 is 2. The van der Waals surface area contributed by atoms with Crippen molar-refractivity contribution >= 4 is 23.3 Å². The summed E-state index contributed by atoms with van der Waals surface area (Å²) in [4.78, 5) is 27.4. The molecule has 7 heteroatoms. The number of hydrogen-bond acceptors (Lipinski definition) is 5. The quantitative estimate of drug-likeness (QED) is 0.722. The van der Waals surface area contributed by atoms with Gasteiger partial charge in [0.1, 0.15) is 5.75 Å². The Kier molecular flexibility index (Phi) is 6.49. The summed E-state index contributed by atoms with van der Waals surface area (Å²) in [5.74, 6) is 0.428. The van der Waals surface area contributed by atoms with E-state index in [1.165, 1.54) is 12.0 Å². The van der Waals surface area contributed by atoms with Crippen molar-refractivity contribution in [2.75, 3.05) is 57.2 Å². The van der Waals surface area contributed by atoms with Crippen LogP contribution in [0.5, 0.6) is 5.75 Å². The molecular weight excluding hydrogens is 358 g/mol. The zero-order valence-electron chi connectivity index (χ0n) is 16.2. The molecule has 2 N–H and O–H groups in total. The molecule has 0 aliphatic carbocycles. The number of rotatable bonds is 6. The zero-order chi connectivity index (χ0) is 19.9. The van der Waals surface area contributed by atoms with E-state index in [2.05, 4.69) is 21.0 Å². The average molecular weight is 384 g/mol. The molecule has 1 aliphatic rings. The number of carbonyl (C=O) groups excluding carboxylic acids is 2. The van der Waals surface area contributed by atoms with Crippen molar-refractivity contribution in [3.8, 4) is 5.75 Å². The van der Waals surface area contributed by atoms with Gasteiger partial charge in [0.25, 0.3) is 5.91 Å². The van der Waals surface area contributed by atoms with Gasteiger partial charge in [0.2, 0.25) is 0 Å². The Morgan fingerprint density at radius 3 is 2.43 bits per heavy atom. The molecule has 1 amide bonds. The number of hydrogen-bond donors (Lipinski definition) is 2. The monoisotopic (exact) mass is 384 g/mol. The number of quaternary nitrogens is 1. The highest BCUT2D eigenvalue weighted by Gasteiger charge is 2.22. The topological polar surface area (TPSA) is 72.3 Å². The summed E-state index contributed by atoms with van der Waals surface area (Å²) in [6.45, 7) is 4.00. The predicted octanol–water partition coefficient (Wildman–Crippen LogP) is 0.825. The maximum absolute atomic E-state index is 12.3. The smallest absolute Gasteiger partial charge is 0.337 e. The number of nitrogens with one attached hydrogen (secondary N) is 2. The fraction of sp³-hybridized carbons (Fsp3) is 0.333. The first kappa shape index (κ1) is 19.7. The lowest BCUT2D eigenvalue weighted by Crippen LogP contribution is -3.15. The molecule has 0 bridgehead atoms. The van der Waals surface area contributed by atoms with Crippen molar-refractivity contribution < 1.29 is 24.0 Å². The van der Waals surface area contributed by atoms with Gasteiger partial charge >= 0.3 is 5.97 Å². The van der Waals surface area contributed by atoms with Crippen molar-refractivity contribution in [3.05, 3.63) is 54.1 Å². The van der Waals surface area contributed by atoms with E-state index in [0.717, 1.165) is 37.6 Å². The number of piperazine rings is 1. The lowest BCUT2D eigenvalue weighted by molar-refractivity contribution is -0.892. The lowest BCUT2D eigenvalue weighted by Gasteiger charge is -2.33. The fourth-order valence-electron chi connectivity index (χ4n) is 3.30. The molecule has 28 heavy (non-hydrogen) atoms. The summed E-state index contributed by atoms with van der Waals surface area (Å²) in [5, 5.41) is 2.89. The predicted molar refractivity (Wildman–Crippen MR) is 107 cm³/mol. The lowest BCUT2D eigenvalue weighted by atomic mass is 10.2.